The highest BCUT2D eigenvalue weighted by Crippen LogP contribution is 2.17. The summed E-state index contributed by atoms with van der Waals surface area (Å²) in [5, 5.41) is 13.6. The predicted octanol–water partition coefficient (Wildman–Crippen LogP) is 4.13. The monoisotopic (exact) mass is 347 g/mol. The van der Waals surface area contributed by atoms with E-state index in [1.807, 2.05) is 48.5 Å². The fourth-order valence-electron chi connectivity index (χ4n) is 2.76. The molecule has 3 nitrogen and oxygen atoms in total. The summed E-state index contributed by atoms with van der Waals surface area (Å²) in [6.07, 6.45) is 0.412. The van der Waals surface area contributed by atoms with Crippen LogP contribution in [0.2, 0.25) is 0 Å². The lowest BCUT2D eigenvalue weighted by Gasteiger charge is -2.13. The summed E-state index contributed by atoms with van der Waals surface area (Å²) in [5.74, 6) is 0.771. The first-order valence-corrected chi connectivity index (χ1v) is 9.00. The Kier molecular flexibility index (Phi) is 6.82. The van der Waals surface area contributed by atoms with E-state index in [1.165, 1.54) is 11.1 Å². The SMILES string of the molecule is O[C@@H](COc1ccc(CNCCc2ccccc2)cc1)c1ccccc1. The van der Waals surface area contributed by atoms with Crippen molar-refractivity contribution in [2.45, 2.75) is 19.1 Å². The van der Waals surface area contributed by atoms with Gasteiger partial charge in [-0.2, -0.15) is 0 Å². The van der Waals surface area contributed by atoms with Crippen LogP contribution in [0, 0.1) is 0 Å². The maximum absolute atomic E-state index is 10.1. The van der Waals surface area contributed by atoms with E-state index in [0.29, 0.717) is 0 Å². The molecule has 0 aliphatic rings. The van der Waals surface area contributed by atoms with Crippen molar-refractivity contribution in [2.24, 2.45) is 0 Å². The lowest BCUT2D eigenvalue weighted by molar-refractivity contribution is 0.108. The van der Waals surface area contributed by atoms with Crippen LogP contribution in [0.5, 0.6) is 5.75 Å². The van der Waals surface area contributed by atoms with E-state index >= 15 is 0 Å². The van der Waals surface area contributed by atoms with Crippen LogP contribution in [0.15, 0.2) is 84.9 Å². The second-order valence-corrected chi connectivity index (χ2v) is 6.29. The minimum absolute atomic E-state index is 0.249. The highest BCUT2D eigenvalue weighted by molar-refractivity contribution is 5.27. The number of aliphatic hydroxyl groups excluding tert-OH is 1. The van der Waals surface area contributed by atoms with Crippen molar-refractivity contribution in [3.63, 3.8) is 0 Å². The maximum atomic E-state index is 10.1. The van der Waals surface area contributed by atoms with Crippen LogP contribution in [0.4, 0.5) is 0 Å². The summed E-state index contributed by atoms with van der Waals surface area (Å²) in [7, 11) is 0. The summed E-state index contributed by atoms with van der Waals surface area (Å²) in [5.41, 5.74) is 3.43. The fourth-order valence-corrected chi connectivity index (χ4v) is 2.76. The van der Waals surface area contributed by atoms with E-state index in [9.17, 15) is 5.11 Å². The zero-order valence-electron chi connectivity index (χ0n) is 14.8. The number of hydrogen-bond donors (Lipinski definition) is 2. The van der Waals surface area contributed by atoms with Crippen LogP contribution in [-0.4, -0.2) is 18.3 Å². The second-order valence-electron chi connectivity index (χ2n) is 6.29. The van der Waals surface area contributed by atoms with Crippen molar-refractivity contribution in [2.75, 3.05) is 13.2 Å². The molecule has 134 valence electrons. The third-order valence-electron chi connectivity index (χ3n) is 4.28. The highest BCUT2D eigenvalue weighted by Gasteiger charge is 2.07. The molecule has 0 aliphatic heterocycles. The summed E-state index contributed by atoms with van der Waals surface area (Å²) in [4.78, 5) is 0. The van der Waals surface area contributed by atoms with Gasteiger partial charge < -0.3 is 15.2 Å². The molecule has 3 aromatic rings. The third-order valence-corrected chi connectivity index (χ3v) is 4.28. The summed E-state index contributed by atoms with van der Waals surface area (Å²) >= 11 is 0. The fraction of sp³-hybridized carbons (Fsp3) is 0.217. The Balaban J connectivity index is 1.39. The van der Waals surface area contributed by atoms with Crippen molar-refractivity contribution < 1.29 is 9.84 Å². The predicted molar refractivity (Wildman–Crippen MR) is 105 cm³/mol. The molecular weight excluding hydrogens is 322 g/mol. The van der Waals surface area contributed by atoms with E-state index in [1.54, 1.807) is 0 Å². The Labute approximate surface area is 155 Å². The Morgan fingerprint density at radius 3 is 2.12 bits per heavy atom. The molecule has 26 heavy (non-hydrogen) atoms. The van der Waals surface area contributed by atoms with Gasteiger partial charge in [-0.25, -0.2) is 0 Å². The molecule has 0 aromatic heterocycles. The Hall–Kier alpha value is -2.62. The molecule has 0 saturated carbocycles. The van der Waals surface area contributed by atoms with Crippen LogP contribution in [0.25, 0.3) is 0 Å². The van der Waals surface area contributed by atoms with E-state index in [2.05, 4.69) is 41.7 Å². The topological polar surface area (TPSA) is 41.5 Å². The largest absolute Gasteiger partial charge is 0.491 e. The molecule has 3 rings (SSSR count). The van der Waals surface area contributed by atoms with Gasteiger partial charge in [-0.1, -0.05) is 72.8 Å². The summed E-state index contributed by atoms with van der Waals surface area (Å²) < 4.78 is 5.69. The lowest BCUT2D eigenvalue weighted by Crippen LogP contribution is -2.16. The summed E-state index contributed by atoms with van der Waals surface area (Å²) in [6.45, 7) is 2.03. The zero-order valence-corrected chi connectivity index (χ0v) is 14.8. The van der Waals surface area contributed by atoms with Gasteiger partial charge in [0.1, 0.15) is 18.5 Å². The van der Waals surface area contributed by atoms with Crippen molar-refractivity contribution in [1.82, 2.24) is 5.32 Å². The van der Waals surface area contributed by atoms with Crippen LogP contribution in [0.1, 0.15) is 22.8 Å². The van der Waals surface area contributed by atoms with Gasteiger partial charge in [0.25, 0.3) is 0 Å². The van der Waals surface area contributed by atoms with Gasteiger partial charge >= 0.3 is 0 Å². The van der Waals surface area contributed by atoms with Crippen molar-refractivity contribution in [1.29, 1.82) is 0 Å². The minimum Gasteiger partial charge on any atom is -0.491 e. The van der Waals surface area contributed by atoms with E-state index < -0.39 is 6.10 Å². The number of benzene rings is 3. The Morgan fingerprint density at radius 1 is 0.769 bits per heavy atom. The Bertz CT molecular complexity index is 757. The molecule has 1 atom stereocenters. The number of ether oxygens (including phenoxy) is 1. The van der Waals surface area contributed by atoms with Gasteiger partial charge in [0.2, 0.25) is 0 Å². The molecular formula is C23H25NO2. The first-order valence-electron chi connectivity index (χ1n) is 9.00. The van der Waals surface area contributed by atoms with Gasteiger partial charge in [0, 0.05) is 6.54 Å². The third kappa shape index (κ3) is 5.73. The first-order chi connectivity index (χ1) is 12.8. The molecule has 0 saturated heterocycles. The van der Waals surface area contributed by atoms with Gasteiger partial charge in [-0.3, -0.25) is 0 Å². The standard InChI is InChI=1S/C23H25NO2/c25-23(21-9-5-2-6-10-21)18-26-22-13-11-20(12-14-22)17-24-16-15-19-7-3-1-4-8-19/h1-14,23-25H,15-18H2/t23-/m0/s1. The van der Waals surface area contributed by atoms with Gasteiger partial charge in [-0.15, -0.1) is 0 Å². The molecule has 0 amide bonds. The van der Waals surface area contributed by atoms with Crippen LogP contribution >= 0.6 is 0 Å². The number of rotatable bonds is 9. The number of aliphatic hydroxyl groups is 1. The quantitative estimate of drug-likeness (QED) is 0.572. The molecule has 3 heteroatoms. The molecule has 0 bridgehead atoms. The normalized spacial score (nSPS) is 11.9. The van der Waals surface area contributed by atoms with Crippen LogP contribution < -0.4 is 10.1 Å². The molecule has 0 aliphatic carbocycles. The molecule has 0 unspecified atom stereocenters. The molecule has 3 aromatic carbocycles. The van der Waals surface area contributed by atoms with Crippen molar-refractivity contribution in [3.05, 3.63) is 102 Å². The highest BCUT2D eigenvalue weighted by atomic mass is 16.5. The average molecular weight is 347 g/mol. The number of hydrogen-bond acceptors (Lipinski definition) is 3. The molecule has 2 N–H and O–H groups in total. The van der Waals surface area contributed by atoms with Crippen molar-refractivity contribution >= 4 is 0 Å². The second kappa shape index (κ2) is 9.76. The van der Waals surface area contributed by atoms with Gasteiger partial charge in [-0.05, 0) is 41.8 Å². The minimum atomic E-state index is -0.615. The summed E-state index contributed by atoms with van der Waals surface area (Å²) in [6, 6.07) is 28.1. The Morgan fingerprint density at radius 2 is 1.42 bits per heavy atom. The lowest BCUT2D eigenvalue weighted by atomic mass is 10.1. The maximum Gasteiger partial charge on any atom is 0.119 e. The molecule has 0 heterocycles. The van der Waals surface area contributed by atoms with Crippen LogP contribution in [0.3, 0.4) is 0 Å². The number of nitrogens with one attached hydrogen (secondary N) is 1. The van der Waals surface area contributed by atoms with E-state index in [0.717, 1.165) is 30.8 Å². The molecule has 0 spiro atoms. The van der Waals surface area contributed by atoms with Crippen LogP contribution in [-0.2, 0) is 13.0 Å². The molecule has 0 radical (unpaired) electrons. The van der Waals surface area contributed by atoms with Gasteiger partial charge in [0.15, 0.2) is 0 Å². The van der Waals surface area contributed by atoms with E-state index in [4.69, 9.17) is 4.74 Å². The van der Waals surface area contributed by atoms with E-state index in [-0.39, 0.29) is 6.61 Å². The first kappa shape index (κ1) is 18.2. The zero-order chi connectivity index (χ0) is 18.0. The molecule has 0 fully saturated rings. The average Bonchev–Trinajstić information content (AvgIpc) is 2.72. The van der Waals surface area contributed by atoms with Gasteiger partial charge in [0.05, 0.1) is 0 Å². The smallest absolute Gasteiger partial charge is 0.119 e. The van der Waals surface area contributed by atoms with Crippen molar-refractivity contribution in [3.8, 4) is 5.75 Å².